The summed E-state index contributed by atoms with van der Waals surface area (Å²) in [5.74, 6) is -1.36. The van der Waals surface area contributed by atoms with Crippen LogP contribution < -0.4 is 16.4 Å². The summed E-state index contributed by atoms with van der Waals surface area (Å²) in [6.07, 6.45) is 1.43. The first-order valence-corrected chi connectivity index (χ1v) is 7.18. The molecule has 0 bridgehead atoms. The molecule has 2 rings (SSSR count). The maximum absolute atomic E-state index is 11.8. The van der Waals surface area contributed by atoms with E-state index in [9.17, 15) is 24.5 Å². The fourth-order valence-electron chi connectivity index (χ4n) is 1.83. The number of hydrogen-bond donors (Lipinski definition) is 3. The molecule has 0 aliphatic carbocycles. The average Bonchev–Trinajstić information content (AvgIpc) is 3.11. The van der Waals surface area contributed by atoms with Gasteiger partial charge in [0.1, 0.15) is 11.4 Å². The molecular weight excluding hydrogens is 348 g/mol. The van der Waals surface area contributed by atoms with E-state index in [0.717, 1.165) is 6.07 Å². The summed E-state index contributed by atoms with van der Waals surface area (Å²) in [4.78, 5) is 45.0. The van der Waals surface area contributed by atoms with Crippen molar-refractivity contribution in [1.29, 1.82) is 0 Å². The number of nitro groups is 1. The van der Waals surface area contributed by atoms with Crippen LogP contribution in [-0.4, -0.2) is 29.4 Å². The zero-order chi connectivity index (χ0) is 19.1. The lowest BCUT2D eigenvalue weighted by atomic mass is 10.2. The summed E-state index contributed by atoms with van der Waals surface area (Å²) < 4.78 is 9.70. The van der Waals surface area contributed by atoms with Gasteiger partial charge in [0.25, 0.3) is 11.6 Å². The number of nitrogens with one attached hydrogen (secondary N) is 2. The Morgan fingerprint density at radius 2 is 2.04 bits per heavy atom. The molecule has 11 heteroatoms. The zero-order valence-corrected chi connectivity index (χ0v) is 13.3. The van der Waals surface area contributed by atoms with Crippen LogP contribution in [0.15, 0.2) is 41.0 Å². The van der Waals surface area contributed by atoms with Crippen LogP contribution in [-0.2, 0) is 16.1 Å². The highest BCUT2D eigenvalue weighted by atomic mass is 16.6. The van der Waals surface area contributed by atoms with Crippen LogP contribution in [0.3, 0.4) is 0 Å². The Kier molecular flexibility index (Phi) is 5.88. The lowest BCUT2D eigenvalue weighted by molar-refractivity contribution is -0.383. The molecule has 3 amide bonds. The monoisotopic (exact) mass is 362 g/mol. The van der Waals surface area contributed by atoms with E-state index in [4.69, 9.17) is 14.9 Å². The molecule has 0 aliphatic rings. The molecule has 0 fully saturated rings. The highest BCUT2D eigenvalue weighted by Crippen LogP contribution is 2.22. The third-order valence-corrected chi connectivity index (χ3v) is 3.05. The van der Waals surface area contributed by atoms with E-state index in [1.54, 1.807) is 12.1 Å². The molecule has 4 N–H and O–H groups in total. The minimum Gasteiger partial charge on any atom is -0.467 e. The van der Waals surface area contributed by atoms with Gasteiger partial charge in [-0.2, -0.15) is 0 Å². The summed E-state index contributed by atoms with van der Waals surface area (Å²) >= 11 is 0. The van der Waals surface area contributed by atoms with E-state index < -0.39 is 35.1 Å². The van der Waals surface area contributed by atoms with Gasteiger partial charge >= 0.3 is 12.0 Å². The fraction of sp³-hybridized carbons (Fsp3) is 0.133. The van der Waals surface area contributed by atoms with Crippen molar-refractivity contribution in [2.45, 2.75) is 6.54 Å². The SMILES string of the molecule is Nc1ccc(C(=O)OCC(=O)NC(=O)NCc2ccco2)cc1[N+](=O)[O-]. The van der Waals surface area contributed by atoms with E-state index in [0.29, 0.717) is 5.76 Å². The van der Waals surface area contributed by atoms with Crippen LogP contribution in [0.4, 0.5) is 16.2 Å². The van der Waals surface area contributed by atoms with Gasteiger partial charge in [0, 0.05) is 6.07 Å². The van der Waals surface area contributed by atoms with E-state index in [1.807, 2.05) is 5.32 Å². The molecule has 11 nitrogen and oxygen atoms in total. The number of anilines is 1. The molecule has 0 saturated carbocycles. The fourth-order valence-corrected chi connectivity index (χ4v) is 1.83. The zero-order valence-electron chi connectivity index (χ0n) is 13.3. The van der Waals surface area contributed by atoms with E-state index in [2.05, 4.69) is 5.32 Å². The van der Waals surface area contributed by atoms with Crippen molar-refractivity contribution in [3.8, 4) is 0 Å². The molecule has 136 valence electrons. The lowest BCUT2D eigenvalue weighted by Crippen LogP contribution is -2.41. The van der Waals surface area contributed by atoms with Gasteiger partial charge in [-0.15, -0.1) is 0 Å². The second kappa shape index (κ2) is 8.28. The molecule has 1 aromatic heterocycles. The Morgan fingerprint density at radius 3 is 2.69 bits per heavy atom. The number of furan rings is 1. The average molecular weight is 362 g/mol. The second-order valence-electron chi connectivity index (χ2n) is 4.92. The van der Waals surface area contributed by atoms with Crippen molar-refractivity contribution in [1.82, 2.24) is 10.6 Å². The Hall–Kier alpha value is -3.89. The van der Waals surface area contributed by atoms with Crippen LogP contribution in [0.1, 0.15) is 16.1 Å². The number of hydrogen-bond acceptors (Lipinski definition) is 8. The lowest BCUT2D eigenvalue weighted by Gasteiger charge is -2.07. The molecule has 0 radical (unpaired) electrons. The Morgan fingerprint density at radius 1 is 1.27 bits per heavy atom. The van der Waals surface area contributed by atoms with Crippen molar-refractivity contribution >= 4 is 29.3 Å². The third-order valence-electron chi connectivity index (χ3n) is 3.05. The Labute approximate surface area is 146 Å². The molecule has 26 heavy (non-hydrogen) atoms. The number of carbonyl (C=O) groups excluding carboxylic acids is 3. The van der Waals surface area contributed by atoms with Gasteiger partial charge in [-0.1, -0.05) is 0 Å². The van der Waals surface area contributed by atoms with Crippen molar-refractivity contribution in [3.05, 3.63) is 58.0 Å². The van der Waals surface area contributed by atoms with Crippen molar-refractivity contribution in [2.75, 3.05) is 12.3 Å². The molecule has 0 saturated heterocycles. The van der Waals surface area contributed by atoms with E-state index in [-0.39, 0.29) is 17.8 Å². The van der Waals surface area contributed by atoms with Crippen LogP contribution in [0.2, 0.25) is 0 Å². The number of ether oxygens (including phenoxy) is 1. The minimum atomic E-state index is -0.973. The molecule has 0 spiro atoms. The van der Waals surface area contributed by atoms with Crippen LogP contribution in [0, 0.1) is 10.1 Å². The topological polar surface area (TPSA) is 167 Å². The maximum atomic E-state index is 11.8. The van der Waals surface area contributed by atoms with Gasteiger partial charge in [0.15, 0.2) is 6.61 Å². The molecule has 2 aromatic rings. The number of amides is 3. The normalized spacial score (nSPS) is 10.0. The number of urea groups is 1. The van der Waals surface area contributed by atoms with Crippen LogP contribution in [0.5, 0.6) is 0 Å². The molecule has 0 atom stereocenters. The summed E-state index contributed by atoms with van der Waals surface area (Å²) in [6.45, 7) is -0.674. The van der Waals surface area contributed by atoms with Gasteiger partial charge in [-0.05, 0) is 24.3 Å². The summed E-state index contributed by atoms with van der Waals surface area (Å²) in [6, 6.07) is 5.81. The number of imide groups is 1. The highest BCUT2D eigenvalue weighted by Gasteiger charge is 2.18. The minimum absolute atomic E-state index is 0.0704. The highest BCUT2D eigenvalue weighted by molar-refractivity contribution is 5.97. The smallest absolute Gasteiger partial charge is 0.338 e. The molecule has 1 aromatic carbocycles. The molecule has 0 unspecified atom stereocenters. The third kappa shape index (κ3) is 5.06. The first kappa shape index (κ1) is 18.4. The molecule has 1 heterocycles. The largest absolute Gasteiger partial charge is 0.467 e. The molecule has 0 aliphatic heterocycles. The van der Waals surface area contributed by atoms with E-state index >= 15 is 0 Å². The van der Waals surface area contributed by atoms with Crippen LogP contribution in [0.25, 0.3) is 0 Å². The summed E-state index contributed by atoms with van der Waals surface area (Å²) in [5, 5.41) is 15.1. The van der Waals surface area contributed by atoms with Gasteiger partial charge in [-0.3, -0.25) is 20.2 Å². The number of rotatable bonds is 6. The summed E-state index contributed by atoms with van der Waals surface area (Å²) in [7, 11) is 0. The maximum Gasteiger partial charge on any atom is 0.338 e. The number of nitrogen functional groups attached to an aromatic ring is 1. The van der Waals surface area contributed by atoms with Gasteiger partial charge in [-0.25, -0.2) is 9.59 Å². The number of nitro benzene ring substituents is 1. The van der Waals surface area contributed by atoms with Crippen molar-refractivity contribution < 1.29 is 28.5 Å². The standard InChI is InChI=1S/C15H14N4O7/c16-11-4-3-9(6-12(11)19(23)24)14(21)26-8-13(20)18-15(22)17-7-10-2-1-5-25-10/h1-6H,7-8,16H2,(H2,17,18,20,22). The van der Waals surface area contributed by atoms with Crippen molar-refractivity contribution in [3.63, 3.8) is 0 Å². The first-order valence-electron chi connectivity index (χ1n) is 7.18. The number of carbonyl (C=O) groups is 3. The Bertz CT molecular complexity index is 833. The van der Waals surface area contributed by atoms with Crippen molar-refractivity contribution in [2.24, 2.45) is 0 Å². The number of nitrogens with two attached hydrogens (primary N) is 1. The quantitative estimate of drug-likeness (QED) is 0.295. The predicted molar refractivity (Wildman–Crippen MR) is 86.9 cm³/mol. The van der Waals surface area contributed by atoms with E-state index in [1.165, 1.54) is 18.4 Å². The van der Waals surface area contributed by atoms with Gasteiger partial charge in [0.05, 0.1) is 23.3 Å². The molecular formula is C15H14N4O7. The number of nitrogens with zero attached hydrogens (tertiary/aromatic N) is 1. The predicted octanol–water partition coefficient (Wildman–Crippen LogP) is 0.953. The first-order chi connectivity index (χ1) is 12.4. The number of benzene rings is 1. The van der Waals surface area contributed by atoms with Crippen LogP contribution >= 0.6 is 0 Å². The van der Waals surface area contributed by atoms with Gasteiger partial charge in [0.2, 0.25) is 0 Å². The Balaban J connectivity index is 1.81. The summed E-state index contributed by atoms with van der Waals surface area (Å²) in [5.41, 5.74) is 4.70. The van der Waals surface area contributed by atoms with Gasteiger partial charge < -0.3 is 20.2 Å². The second-order valence-corrected chi connectivity index (χ2v) is 4.92. The number of esters is 1.